The van der Waals surface area contributed by atoms with Crippen LogP contribution in [0.4, 0.5) is 5.69 Å². The minimum absolute atomic E-state index is 0.0113. The summed E-state index contributed by atoms with van der Waals surface area (Å²) in [5, 5.41) is 4.61. The summed E-state index contributed by atoms with van der Waals surface area (Å²) < 4.78 is 45.2. The summed E-state index contributed by atoms with van der Waals surface area (Å²) >= 11 is 9.72. The van der Waals surface area contributed by atoms with Gasteiger partial charge in [-0.25, -0.2) is 13.8 Å². The molecule has 0 saturated carbocycles. The van der Waals surface area contributed by atoms with E-state index in [1.54, 1.807) is 60.7 Å². The molecule has 0 aliphatic rings. The predicted octanol–water partition coefficient (Wildman–Crippen LogP) is 6.04. The first-order valence-corrected chi connectivity index (χ1v) is 15.1. The van der Waals surface area contributed by atoms with Gasteiger partial charge in [0.25, 0.3) is 15.9 Å². The molecule has 0 unspecified atom stereocenters. The zero-order valence-corrected chi connectivity index (χ0v) is 25.8. The van der Waals surface area contributed by atoms with Gasteiger partial charge in [0, 0.05) is 10.6 Å². The van der Waals surface area contributed by atoms with Crippen molar-refractivity contribution in [3.63, 3.8) is 0 Å². The number of halogens is 2. The molecule has 0 spiro atoms. The van der Waals surface area contributed by atoms with E-state index in [0.29, 0.717) is 38.0 Å². The van der Waals surface area contributed by atoms with Crippen LogP contribution in [-0.4, -0.2) is 41.3 Å². The monoisotopic (exact) mass is 671 g/mol. The number of rotatable bonds is 12. The van der Waals surface area contributed by atoms with Gasteiger partial charge < -0.3 is 14.2 Å². The highest BCUT2D eigenvalue weighted by Crippen LogP contribution is 2.37. The van der Waals surface area contributed by atoms with Gasteiger partial charge in [0.1, 0.15) is 18.9 Å². The van der Waals surface area contributed by atoms with Crippen LogP contribution in [0.1, 0.15) is 11.1 Å². The Bertz CT molecular complexity index is 1670. The van der Waals surface area contributed by atoms with Gasteiger partial charge >= 0.3 is 0 Å². The number of benzene rings is 4. The Labute approximate surface area is 257 Å². The Morgan fingerprint density at radius 2 is 1.67 bits per heavy atom. The molecule has 0 radical (unpaired) electrons. The summed E-state index contributed by atoms with van der Waals surface area (Å²) in [6.45, 7) is -0.271. The molecule has 0 saturated heterocycles. The van der Waals surface area contributed by atoms with E-state index in [0.717, 1.165) is 9.87 Å². The first-order valence-electron chi connectivity index (χ1n) is 12.5. The van der Waals surface area contributed by atoms with Crippen molar-refractivity contribution in [3.05, 3.63) is 112 Å². The molecule has 0 aliphatic heterocycles. The van der Waals surface area contributed by atoms with Crippen molar-refractivity contribution < 1.29 is 27.4 Å². The number of amides is 1. The number of hydrogen-bond donors (Lipinski definition) is 1. The van der Waals surface area contributed by atoms with Gasteiger partial charge in [-0.1, -0.05) is 48.0 Å². The van der Waals surface area contributed by atoms with Crippen LogP contribution in [0.5, 0.6) is 17.2 Å². The van der Waals surface area contributed by atoms with Gasteiger partial charge in [-0.05, 0) is 76.1 Å². The van der Waals surface area contributed by atoms with Gasteiger partial charge in [-0.2, -0.15) is 5.10 Å². The lowest BCUT2D eigenvalue weighted by atomic mass is 10.2. The van der Waals surface area contributed by atoms with E-state index >= 15 is 0 Å². The Kier molecular flexibility index (Phi) is 10.5. The molecule has 4 aromatic carbocycles. The lowest BCUT2D eigenvalue weighted by Crippen LogP contribution is -2.39. The number of para-hydroxylation sites is 1. The number of hydrogen-bond acceptors (Lipinski definition) is 7. The van der Waals surface area contributed by atoms with Crippen molar-refractivity contribution >= 4 is 55.4 Å². The number of carbonyl (C=O) groups is 1. The van der Waals surface area contributed by atoms with Crippen molar-refractivity contribution in [2.45, 2.75) is 11.5 Å². The maximum absolute atomic E-state index is 13.5. The van der Waals surface area contributed by atoms with E-state index in [4.69, 9.17) is 25.8 Å². The Morgan fingerprint density at radius 1 is 0.976 bits per heavy atom. The predicted molar refractivity (Wildman–Crippen MR) is 166 cm³/mol. The number of carbonyl (C=O) groups excluding carboxylic acids is 1. The van der Waals surface area contributed by atoms with Crippen LogP contribution in [0.15, 0.2) is 105 Å². The first kappa shape index (κ1) is 30.9. The molecule has 0 aliphatic carbocycles. The minimum Gasteiger partial charge on any atom is -0.497 e. The lowest BCUT2D eigenvalue weighted by molar-refractivity contribution is -0.119. The molecule has 1 amide bonds. The quantitative estimate of drug-likeness (QED) is 0.145. The average Bonchev–Trinajstić information content (AvgIpc) is 3.00. The molecular weight excluding hydrogens is 646 g/mol. The number of sulfonamides is 1. The summed E-state index contributed by atoms with van der Waals surface area (Å²) in [5.41, 5.74) is 4.14. The Hall–Kier alpha value is -4.06. The lowest BCUT2D eigenvalue weighted by Gasteiger charge is -2.23. The molecule has 0 aromatic heterocycles. The fourth-order valence-corrected chi connectivity index (χ4v) is 6.03. The standard InChI is InChI=1S/C30H27BrClN3O6S/c1-39-24-12-14-25(15-13-24)42(37,38)35(23-9-4-3-5-10-23)19-29(36)34-33-18-21-16-26(31)30(28(17-21)40-2)41-20-22-8-6-7-11-27(22)32/h3-18H,19-20H2,1-2H3,(H,34,36)/b33-18-. The maximum Gasteiger partial charge on any atom is 0.264 e. The number of nitrogens with zero attached hydrogens (tertiary/aromatic N) is 2. The van der Waals surface area contributed by atoms with Crippen LogP contribution >= 0.6 is 27.5 Å². The zero-order valence-electron chi connectivity index (χ0n) is 22.7. The topological polar surface area (TPSA) is 107 Å². The molecule has 12 heteroatoms. The molecule has 9 nitrogen and oxygen atoms in total. The highest BCUT2D eigenvalue weighted by atomic mass is 79.9. The fourth-order valence-electron chi connectivity index (χ4n) is 3.85. The maximum atomic E-state index is 13.5. The molecule has 0 atom stereocenters. The zero-order chi connectivity index (χ0) is 30.1. The Balaban J connectivity index is 1.48. The van der Waals surface area contributed by atoms with E-state index in [1.165, 1.54) is 32.6 Å². The van der Waals surface area contributed by atoms with Crippen LogP contribution in [0.2, 0.25) is 5.02 Å². The second-order valence-electron chi connectivity index (χ2n) is 8.73. The normalized spacial score (nSPS) is 11.2. The second kappa shape index (κ2) is 14.2. The second-order valence-corrected chi connectivity index (χ2v) is 11.9. The van der Waals surface area contributed by atoms with Crippen molar-refractivity contribution in [1.82, 2.24) is 5.43 Å². The number of anilines is 1. The van der Waals surface area contributed by atoms with Crippen LogP contribution in [0.25, 0.3) is 0 Å². The molecule has 4 rings (SSSR count). The molecule has 0 fully saturated rings. The van der Waals surface area contributed by atoms with E-state index in [2.05, 4.69) is 26.5 Å². The number of methoxy groups -OCH3 is 2. The minimum atomic E-state index is -4.08. The molecule has 0 heterocycles. The van der Waals surface area contributed by atoms with Crippen LogP contribution < -0.4 is 23.9 Å². The number of hydrazone groups is 1. The summed E-state index contributed by atoms with van der Waals surface area (Å²) in [7, 11) is -1.08. The smallest absolute Gasteiger partial charge is 0.264 e. The molecular formula is C30H27BrClN3O6S. The van der Waals surface area contributed by atoms with E-state index in [-0.39, 0.29) is 11.5 Å². The third-order valence-electron chi connectivity index (χ3n) is 5.96. The van der Waals surface area contributed by atoms with E-state index in [1.807, 2.05) is 18.2 Å². The van der Waals surface area contributed by atoms with Crippen molar-refractivity contribution in [3.8, 4) is 17.2 Å². The summed E-state index contributed by atoms with van der Waals surface area (Å²) in [5.74, 6) is 0.777. The van der Waals surface area contributed by atoms with Gasteiger partial charge in [0.05, 0.1) is 35.5 Å². The Morgan fingerprint density at radius 3 is 2.33 bits per heavy atom. The molecule has 1 N–H and O–H groups in total. The van der Waals surface area contributed by atoms with Gasteiger partial charge in [-0.3, -0.25) is 9.10 Å². The molecule has 218 valence electrons. The summed E-state index contributed by atoms with van der Waals surface area (Å²) in [4.78, 5) is 12.9. The van der Waals surface area contributed by atoms with Gasteiger partial charge in [-0.15, -0.1) is 0 Å². The van der Waals surface area contributed by atoms with Crippen LogP contribution in [-0.2, 0) is 21.4 Å². The van der Waals surface area contributed by atoms with Crippen molar-refractivity contribution in [2.24, 2.45) is 5.10 Å². The first-order chi connectivity index (χ1) is 20.2. The highest BCUT2D eigenvalue weighted by Gasteiger charge is 2.27. The fraction of sp³-hybridized carbons (Fsp3) is 0.133. The van der Waals surface area contributed by atoms with Gasteiger partial charge in [0.15, 0.2) is 11.5 Å². The molecule has 4 aromatic rings. The average molecular weight is 673 g/mol. The van der Waals surface area contributed by atoms with E-state index in [9.17, 15) is 13.2 Å². The number of nitrogens with one attached hydrogen (secondary N) is 1. The van der Waals surface area contributed by atoms with Crippen molar-refractivity contribution in [2.75, 3.05) is 25.1 Å². The SMILES string of the molecule is COc1ccc(S(=O)(=O)N(CC(=O)N/N=C\c2cc(Br)c(OCc3ccccc3Cl)c(OC)c2)c2ccccc2)cc1. The summed E-state index contributed by atoms with van der Waals surface area (Å²) in [6.07, 6.45) is 1.41. The third-order valence-corrected chi connectivity index (χ3v) is 8.71. The molecule has 0 bridgehead atoms. The van der Waals surface area contributed by atoms with E-state index < -0.39 is 22.5 Å². The van der Waals surface area contributed by atoms with Gasteiger partial charge in [0.2, 0.25) is 0 Å². The van der Waals surface area contributed by atoms with Crippen LogP contribution in [0, 0.1) is 0 Å². The third kappa shape index (κ3) is 7.61. The number of ether oxygens (including phenoxy) is 3. The van der Waals surface area contributed by atoms with Crippen molar-refractivity contribution in [1.29, 1.82) is 0 Å². The summed E-state index contributed by atoms with van der Waals surface area (Å²) in [6, 6.07) is 25.1. The van der Waals surface area contributed by atoms with Crippen LogP contribution in [0.3, 0.4) is 0 Å². The molecule has 42 heavy (non-hydrogen) atoms. The largest absolute Gasteiger partial charge is 0.497 e. The highest BCUT2D eigenvalue weighted by molar-refractivity contribution is 9.10.